The molecule has 0 aliphatic carbocycles. The molecule has 1 unspecified atom stereocenters. The summed E-state index contributed by atoms with van der Waals surface area (Å²) in [7, 11) is 0. The average Bonchev–Trinajstić information content (AvgIpc) is 2.04. The summed E-state index contributed by atoms with van der Waals surface area (Å²) in [6.45, 7) is 1.95. The number of nitrogens with zero attached hydrogens (tertiary/aromatic N) is 1. The van der Waals surface area contributed by atoms with E-state index in [4.69, 9.17) is 0 Å². The van der Waals surface area contributed by atoms with Crippen molar-refractivity contribution in [3.63, 3.8) is 0 Å². The zero-order chi connectivity index (χ0) is 8.27. The molecule has 0 aliphatic heterocycles. The molecule has 3 heteroatoms. The molecule has 0 radical (unpaired) electrons. The molecule has 0 amide bonds. The van der Waals surface area contributed by atoms with E-state index in [1.54, 1.807) is 12.1 Å². The minimum atomic E-state index is -0.362. The number of hydrogen-bond donors (Lipinski definition) is 0. The van der Waals surface area contributed by atoms with Gasteiger partial charge in [0.05, 0.1) is 0 Å². The Morgan fingerprint density at radius 1 is 1.73 bits per heavy atom. The fourth-order valence-electron chi connectivity index (χ4n) is 0.849. The van der Waals surface area contributed by atoms with Crippen molar-refractivity contribution in [1.29, 1.82) is 0 Å². The van der Waals surface area contributed by atoms with Crippen LogP contribution >= 0.6 is 15.9 Å². The number of aromatic nitrogens is 1. The molecule has 0 saturated carbocycles. The summed E-state index contributed by atoms with van der Waals surface area (Å²) in [4.78, 5) is 3.56. The smallest absolute Gasteiger partial charge is 0.216 e. The molecule has 0 bridgehead atoms. The highest BCUT2D eigenvalue weighted by atomic mass is 79.9. The standard InChI is InChI=1S/C8H9BrFN/c1-6(5-9)7-3-2-4-11-8(7)10/h2-4,6H,5H2,1H3. The lowest BCUT2D eigenvalue weighted by Gasteiger charge is -2.06. The summed E-state index contributed by atoms with van der Waals surface area (Å²) in [6.07, 6.45) is 1.46. The van der Waals surface area contributed by atoms with Crippen molar-refractivity contribution >= 4 is 15.9 Å². The van der Waals surface area contributed by atoms with Crippen LogP contribution in [0.15, 0.2) is 18.3 Å². The van der Waals surface area contributed by atoms with E-state index in [1.807, 2.05) is 6.92 Å². The first-order valence-corrected chi connectivity index (χ1v) is 4.54. The highest BCUT2D eigenvalue weighted by molar-refractivity contribution is 9.09. The molecule has 0 N–H and O–H groups in total. The molecule has 0 aliphatic rings. The van der Waals surface area contributed by atoms with E-state index in [1.165, 1.54) is 6.20 Å². The van der Waals surface area contributed by atoms with Crippen molar-refractivity contribution in [2.75, 3.05) is 5.33 Å². The van der Waals surface area contributed by atoms with Gasteiger partial charge in [0, 0.05) is 17.1 Å². The molecular weight excluding hydrogens is 209 g/mol. The monoisotopic (exact) mass is 217 g/mol. The summed E-state index contributed by atoms with van der Waals surface area (Å²) in [5.41, 5.74) is 0.671. The lowest BCUT2D eigenvalue weighted by molar-refractivity contribution is 0.558. The third-order valence-electron chi connectivity index (χ3n) is 1.55. The largest absolute Gasteiger partial charge is 0.228 e. The summed E-state index contributed by atoms with van der Waals surface area (Å²) < 4.78 is 12.9. The van der Waals surface area contributed by atoms with Crippen LogP contribution in [0.4, 0.5) is 4.39 Å². The van der Waals surface area contributed by atoms with Crippen LogP contribution in [0.1, 0.15) is 18.4 Å². The molecule has 0 saturated heterocycles. The van der Waals surface area contributed by atoms with Gasteiger partial charge in [-0.05, 0) is 12.0 Å². The van der Waals surface area contributed by atoms with Crippen LogP contribution < -0.4 is 0 Å². The van der Waals surface area contributed by atoms with E-state index in [0.29, 0.717) is 5.56 Å². The summed E-state index contributed by atoms with van der Waals surface area (Å²) in [6, 6.07) is 3.51. The molecule has 0 fully saturated rings. The molecule has 60 valence electrons. The van der Waals surface area contributed by atoms with Gasteiger partial charge in [0.2, 0.25) is 5.95 Å². The van der Waals surface area contributed by atoms with Gasteiger partial charge in [-0.2, -0.15) is 4.39 Å². The Balaban J connectivity index is 2.93. The topological polar surface area (TPSA) is 12.9 Å². The summed E-state index contributed by atoms with van der Waals surface area (Å²) >= 11 is 3.29. The van der Waals surface area contributed by atoms with Crippen molar-refractivity contribution in [3.8, 4) is 0 Å². The van der Waals surface area contributed by atoms with E-state index in [0.717, 1.165) is 5.33 Å². The third kappa shape index (κ3) is 1.99. The number of rotatable bonds is 2. The van der Waals surface area contributed by atoms with Crippen LogP contribution in [0, 0.1) is 5.95 Å². The van der Waals surface area contributed by atoms with Crippen molar-refractivity contribution in [2.45, 2.75) is 12.8 Å². The van der Waals surface area contributed by atoms with Gasteiger partial charge in [0.15, 0.2) is 0 Å². The number of hydrogen-bond acceptors (Lipinski definition) is 1. The van der Waals surface area contributed by atoms with Gasteiger partial charge in [-0.3, -0.25) is 0 Å². The SMILES string of the molecule is CC(CBr)c1cccnc1F. The predicted octanol–water partition coefficient (Wildman–Crippen LogP) is 2.72. The van der Waals surface area contributed by atoms with Crippen LogP contribution in [0.5, 0.6) is 0 Å². The zero-order valence-electron chi connectivity index (χ0n) is 6.22. The second kappa shape index (κ2) is 3.81. The number of halogens is 2. The molecule has 1 rings (SSSR count). The van der Waals surface area contributed by atoms with E-state index in [2.05, 4.69) is 20.9 Å². The Morgan fingerprint density at radius 3 is 3.00 bits per heavy atom. The molecule has 1 heterocycles. The van der Waals surface area contributed by atoms with Crippen molar-refractivity contribution < 1.29 is 4.39 Å². The maximum Gasteiger partial charge on any atom is 0.216 e. The number of pyridine rings is 1. The third-order valence-corrected chi connectivity index (χ3v) is 2.52. The Bertz CT molecular complexity index is 239. The maximum absolute atomic E-state index is 12.9. The molecule has 0 aromatic carbocycles. The van der Waals surface area contributed by atoms with Gasteiger partial charge in [0.1, 0.15) is 0 Å². The van der Waals surface area contributed by atoms with Crippen LogP contribution in [0.2, 0.25) is 0 Å². The van der Waals surface area contributed by atoms with E-state index >= 15 is 0 Å². The first-order chi connectivity index (χ1) is 5.25. The quantitative estimate of drug-likeness (QED) is 0.549. The summed E-state index contributed by atoms with van der Waals surface area (Å²) in [5, 5.41) is 0.760. The Kier molecular flexibility index (Phi) is 3.00. The molecule has 1 atom stereocenters. The van der Waals surface area contributed by atoms with Gasteiger partial charge in [0.25, 0.3) is 0 Å². The van der Waals surface area contributed by atoms with Crippen LogP contribution in [0.3, 0.4) is 0 Å². The van der Waals surface area contributed by atoms with Gasteiger partial charge >= 0.3 is 0 Å². The summed E-state index contributed by atoms with van der Waals surface area (Å²) in [5.74, 6) is -0.178. The first-order valence-electron chi connectivity index (χ1n) is 3.42. The fraction of sp³-hybridized carbons (Fsp3) is 0.375. The van der Waals surface area contributed by atoms with Gasteiger partial charge in [-0.1, -0.05) is 28.9 Å². The highest BCUT2D eigenvalue weighted by Gasteiger charge is 2.08. The minimum Gasteiger partial charge on any atom is -0.228 e. The second-order valence-electron chi connectivity index (χ2n) is 2.44. The van der Waals surface area contributed by atoms with Crippen LogP contribution in [-0.2, 0) is 0 Å². The predicted molar refractivity (Wildman–Crippen MR) is 46.4 cm³/mol. The van der Waals surface area contributed by atoms with Gasteiger partial charge in [-0.25, -0.2) is 4.98 Å². The van der Waals surface area contributed by atoms with E-state index in [9.17, 15) is 4.39 Å². The van der Waals surface area contributed by atoms with Crippen LogP contribution in [0.25, 0.3) is 0 Å². The molecule has 1 nitrogen and oxygen atoms in total. The van der Waals surface area contributed by atoms with Crippen molar-refractivity contribution in [2.24, 2.45) is 0 Å². The Labute approximate surface area is 73.8 Å². The molecular formula is C8H9BrFN. The van der Waals surface area contributed by atoms with E-state index < -0.39 is 0 Å². The maximum atomic E-state index is 12.9. The van der Waals surface area contributed by atoms with E-state index in [-0.39, 0.29) is 11.9 Å². The Morgan fingerprint density at radius 2 is 2.45 bits per heavy atom. The van der Waals surface area contributed by atoms with Crippen molar-refractivity contribution in [3.05, 3.63) is 29.8 Å². The minimum absolute atomic E-state index is 0.184. The lowest BCUT2D eigenvalue weighted by Crippen LogP contribution is -1.99. The molecule has 0 spiro atoms. The van der Waals surface area contributed by atoms with Crippen molar-refractivity contribution in [1.82, 2.24) is 4.98 Å². The van der Waals surface area contributed by atoms with Crippen LogP contribution in [-0.4, -0.2) is 10.3 Å². The number of alkyl halides is 1. The highest BCUT2D eigenvalue weighted by Crippen LogP contribution is 2.18. The zero-order valence-corrected chi connectivity index (χ0v) is 7.81. The lowest BCUT2D eigenvalue weighted by atomic mass is 10.1. The molecule has 11 heavy (non-hydrogen) atoms. The first kappa shape index (κ1) is 8.65. The Hall–Kier alpha value is -0.440. The molecule has 1 aromatic rings. The second-order valence-corrected chi connectivity index (χ2v) is 3.09. The fourth-order valence-corrected chi connectivity index (χ4v) is 1.20. The normalized spacial score (nSPS) is 13.0. The van der Waals surface area contributed by atoms with Gasteiger partial charge in [-0.15, -0.1) is 0 Å². The average molecular weight is 218 g/mol. The van der Waals surface area contributed by atoms with Gasteiger partial charge < -0.3 is 0 Å². The molecule has 1 aromatic heterocycles.